The number of thioether (sulfide) groups is 2. The van der Waals surface area contributed by atoms with Crippen molar-refractivity contribution in [1.29, 1.82) is 0 Å². The van der Waals surface area contributed by atoms with Crippen LogP contribution in [0.25, 0.3) is 0 Å². The molecule has 2 aromatic rings. The van der Waals surface area contributed by atoms with Crippen LogP contribution in [0.15, 0.2) is 40.0 Å². The minimum atomic E-state index is -3.95. The first kappa shape index (κ1) is 26.0. The number of carbonyl (C=O) groups excluding carboxylic acids is 1. The maximum Gasteiger partial charge on any atom is 0.280 e. The number of aromatic nitrogens is 2. The molecule has 33 heavy (non-hydrogen) atoms. The van der Waals surface area contributed by atoms with Crippen LogP contribution < -0.4 is 10.2 Å². The van der Waals surface area contributed by atoms with E-state index in [9.17, 15) is 18.4 Å². The molecule has 1 saturated heterocycles. The minimum absolute atomic E-state index is 0.299. The summed E-state index contributed by atoms with van der Waals surface area (Å²) < 4.78 is 34.3. The van der Waals surface area contributed by atoms with Crippen LogP contribution in [0.4, 0.5) is 0 Å². The Hall–Kier alpha value is -1.64. The summed E-state index contributed by atoms with van der Waals surface area (Å²) in [7, 11) is -3.95. The van der Waals surface area contributed by atoms with Gasteiger partial charge in [-0.2, -0.15) is 17.4 Å². The molecule has 1 aliphatic heterocycles. The van der Waals surface area contributed by atoms with Crippen molar-refractivity contribution in [3.05, 3.63) is 42.0 Å². The predicted octanol–water partition coefficient (Wildman–Crippen LogP) is 2.35. The number of pyridine rings is 1. The van der Waals surface area contributed by atoms with Gasteiger partial charge in [0.25, 0.3) is 16.1 Å². The van der Waals surface area contributed by atoms with Gasteiger partial charge in [-0.15, -0.1) is 23.5 Å². The first-order chi connectivity index (χ1) is 15.6. The Balaban J connectivity index is 1.62. The fraction of sp³-hybridized carbons (Fsp3) is 0.550. The zero-order chi connectivity index (χ0) is 24.1. The number of hydrogen-bond donors (Lipinski definition) is 3. The standard InChI is InChI=1S/C20H29N5O5S3/c1-14-12-15(23-30-14)13-31-20(2,3)18(19(26)22-27)24-33(28,29)25-10-6-17(7-11-25)32-16-4-8-21-9-5-16/h4-5,8-9,12,17-18,24,27H,6-7,10-11,13H2,1-3H3,(H,22,26). The third-order valence-corrected chi connectivity index (χ3v) is 9.64. The third kappa shape index (κ3) is 7.17. The maximum atomic E-state index is 13.1. The normalized spacial score (nSPS) is 17.1. The van der Waals surface area contributed by atoms with Crippen molar-refractivity contribution in [2.45, 2.75) is 60.3 Å². The highest BCUT2D eigenvalue weighted by Crippen LogP contribution is 2.33. The molecule has 3 heterocycles. The Bertz CT molecular complexity index is 1020. The Morgan fingerprint density at radius 1 is 1.33 bits per heavy atom. The lowest BCUT2D eigenvalue weighted by molar-refractivity contribution is -0.131. The Kier molecular flexibility index (Phi) is 8.81. The van der Waals surface area contributed by atoms with E-state index in [1.165, 1.54) is 16.1 Å². The SMILES string of the molecule is Cc1cc(CSC(C)(C)C(NS(=O)(=O)N2CCC(Sc3ccncc3)CC2)C(=O)NO)no1. The summed E-state index contributed by atoms with van der Waals surface area (Å²) in [5, 5.41) is 13.5. The van der Waals surface area contributed by atoms with Crippen LogP contribution in [0.1, 0.15) is 38.1 Å². The zero-order valence-electron chi connectivity index (χ0n) is 18.7. The van der Waals surface area contributed by atoms with Gasteiger partial charge in [0, 0.05) is 52.2 Å². The molecule has 1 atom stereocenters. The van der Waals surface area contributed by atoms with Gasteiger partial charge < -0.3 is 4.52 Å². The summed E-state index contributed by atoms with van der Waals surface area (Å²) in [6, 6.07) is 4.46. The van der Waals surface area contributed by atoms with Crippen molar-refractivity contribution in [3.63, 3.8) is 0 Å². The number of rotatable bonds is 10. The van der Waals surface area contributed by atoms with E-state index in [4.69, 9.17) is 4.52 Å². The van der Waals surface area contributed by atoms with Crippen molar-refractivity contribution in [3.8, 4) is 0 Å². The number of hydrogen-bond acceptors (Lipinski definition) is 9. The Morgan fingerprint density at radius 3 is 2.58 bits per heavy atom. The molecule has 1 aliphatic rings. The lowest BCUT2D eigenvalue weighted by Crippen LogP contribution is -2.59. The van der Waals surface area contributed by atoms with Gasteiger partial charge in [-0.1, -0.05) is 5.16 Å². The molecule has 0 aromatic carbocycles. The number of aryl methyl sites for hydroxylation is 1. The molecule has 0 radical (unpaired) electrons. The maximum absolute atomic E-state index is 13.1. The van der Waals surface area contributed by atoms with Gasteiger partial charge >= 0.3 is 0 Å². The van der Waals surface area contributed by atoms with Crippen molar-refractivity contribution in [1.82, 2.24) is 24.6 Å². The number of nitrogens with one attached hydrogen (secondary N) is 2. The van der Waals surface area contributed by atoms with Crippen LogP contribution in [0, 0.1) is 6.92 Å². The first-order valence-corrected chi connectivity index (χ1v) is 13.8. The van der Waals surface area contributed by atoms with Gasteiger partial charge in [0.15, 0.2) is 0 Å². The van der Waals surface area contributed by atoms with Crippen molar-refractivity contribution < 1.29 is 22.9 Å². The number of amides is 1. The average molecular weight is 516 g/mol. The van der Waals surface area contributed by atoms with Gasteiger partial charge in [-0.05, 0) is 45.7 Å². The topological polar surface area (TPSA) is 138 Å². The summed E-state index contributed by atoms with van der Waals surface area (Å²) >= 11 is 3.05. The average Bonchev–Trinajstić information content (AvgIpc) is 3.22. The molecule has 10 nitrogen and oxygen atoms in total. The molecule has 0 saturated carbocycles. The molecule has 1 unspecified atom stereocenters. The van der Waals surface area contributed by atoms with E-state index in [1.54, 1.807) is 56.5 Å². The van der Waals surface area contributed by atoms with E-state index in [1.807, 2.05) is 12.1 Å². The van der Waals surface area contributed by atoms with Crippen molar-refractivity contribution in [2.24, 2.45) is 0 Å². The van der Waals surface area contributed by atoms with Crippen LogP contribution in [-0.2, 0) is 20.8 Å². The molecule has 13 heteroatoms. The summed E-state index contributed by atoms with van der Waals surface area (Å²) in [5.74, 6) is 0.258. The lowest BCUT2D eigenvalue weighted by atomic mass is 10.0. The zero-order valence-corrected chi connectivity index (χ0v) is 21.2. The molecule has 0 spiro atoms. The lowest BCUT2D eigenvalue weighted by Gasteiger charge is -2.36. The number of piperidine rings is 1. The molecule has 1 amide bonds. The Labute approximate surface area is 202 Å². The second-order valence-corrected chi connectivity index (χ2v) is 13.0. The largest absolute Gasteiger partial charge is 0.361 e. The molecule has 3 rings (SSSR count). The van der Waals surface area contributed by atoms with Gasteiger partial charge in [0.2, 0.25) is 0 Å². The van der Waals surface area contributed by atoms with Crippen LogP contribution in [0.2, 0.25) is 0 Å². The van der Waals surface area contributed by atoms with E-state index in [2.05, 4.69) is 14.9 Å². The highest BCUT2D eigenvalue weighted by Gasteiger charge is 2.41. The molecular weight excluding hydrogens is 486 g/mol. The predicted molar refractivity (Wildman–Crippen MR) is 127 cm³/mol. The smallest absolute Gasteiger partial charge is 0.280 e. The van der Waals surface area contributed by atoms with Crippen LogP contribution in [-0.4, -0.2) is 63.1 Å². The molecule has 0 aliphatic carbocycles. The van der Waals surface area contributed by atoms with Crippen LogP contribution in [0.5, 0.6) is 0 Å². The second kappa shape index (κ2) is 11.2. The van der Waals surface area contributed by atoms with Gasteiger partial charge in [0.1, 0.15) is 11.8 Å². The highest BCUT2D eigenvalue weighted by atomic mass is 32.2. The van der Waals surface area contributed by atoms with Crippen LogP contribution >= 0.6 is 23.5 Å². The van der Waals surface area contributed by atoms with E-state index in [-0.39, 0.29) is 0 Å². The third-order valence-electron chi connectivity index (χ3n) is 5.30. The minimum Gasteiger partial charge on any atom is -0.361 e. The summed E-state index contributed by atoms with van der Waals surface area (Å²) in [6.07, 6.45) is 4.85. The molecule has 1 fully saturated rings. The quantitative estimate of drug-likeness (QED) is 0.321. The van der Waals surface area contributed by atoms with E-state index in [0.717, 1.165) is 4.90 Å². The summed E-state index contributed by atoms with van der Waals surface area (Å²) in [6.45, 7) is 5.95. The van der Waals surface area contributed by atoms with E-state index >= 15 is 0 Å². The molecular formula is C20H29N5O5S3. The summed E-state index contributed by atoms with van der Waals surface area (Å²) in [5.41, 5.74) is 2.28. The molecule has 182 valence electrons. The molecule has 2 aromatic heterocycles. The number of nitrogens with zero attached hydrogens (tertiary/aromatic N) is 3. The van der Waals surface area contributed by atoms with Gasteiger partial charge in [0.05, 0.1) is 5.69 Å². The number of carbonyl (C=O) groups is 1. The highest BCUT2D eigenvalue weighted by molar-refractivity contribution is 8.00. The van der Waals surface area contributed by atoms with Gasteiger partial charge in [-0.25, -0.2) is 5.48 Å². The van der Waals surface area contributed by atoms with Gasteiger partial charge in [-0.3, -0.25) is 15.0 Å². The summed E-state index contributed by atoms with van der Waals surface area (Å²) in [4.78, 5) is 17.5. The fourth-order valence-electron chi connectivity index (χ4n) is 3.43. The second-order valence-electron chi connectivity index (χ2n) is 8.25. The molecule has 0 bridgehead atoms. The van der Waals surface area contributed by atoms with E-state index < -0.39 is 26.9 Å². The first-order valence-electron chi connectivity index (χ1n) is 10.4. The van der Waals surface area contributed by atoms with Crippen molar-refractivity contribution >= 4 is 39.6 Å². The van der Waals surface area contributed by atoms with Crippen LogP contribution in [0.3, 0.4) is 0 Å². The van der Waals surface area contributed by atoms with E-state index in [0.29, 0.717) is 48.4 Å². The Morgan fingerprint density at radius 2 is 2.00 bits per heavy atom. The fourth-order valence-corrected chi connectivity index (χ4v) is 7.14. The molecule has 3 N–H and O–H groups in total. The monoisotopic (exact) mass is 515 g/mol. The van der Waals surface area contributed by atoms with Crippen molar-refractivity contribution in [2.75, 3.05) is 13.1 Å². The number of hydroxylamine groups is 1.